The maximum atomic E-state index is 6.97. The molecule has 0 fully saturated rings. The molecule has 0 aliphatic carbocycles. The van der Waals surface area contributed by atoms with E-state index in [2.05, 4.69) is 15.9 Å². The molecule has 0 atom stereocenters. The molecule has 0 rings (SSSR count). The summed E-state index contributed by atoms with van der Waals surface area (Å²) in [5, 5.41) is 6.97. The van der Waals surface area contributed by atoms with Gasteiger partial charge in [0, 0.05) is 5.71 Å². The second kappa shape index (κ2) is 2.71. The largest absolute Gasteiger partial charge is 0.385 e. The summed E-state index contributed by atoms with van der Waals surface area (Å²) < 4.78 is 0.470. The summed E-state index contributed by atoms with van der Waals surface area (Å²) in [6.45, 7) is 1.60. The highest BCUT2D eigenvalue weighted by atomic mass is 79.9. The van der Waals surface area contributed by atoms with Crippen LogP contribution in [0.2, 0.25) is 0 Å². The topological polar surface area (TPSA) is 75.9 Å². The van der Waals surface area contributed by atoms with Crippen LogP contribution >= 0.6 is 15.9 Å². The zero-order valence-electron chi connectivity index (χ0n) is 4.53. The minimum atomic E-state index is 0.150. The Morgan fingerprint density at radius 2 is 1.88 bits per heavy atom. The van der Waals surface area contributed by atoms with E-state index in [0.29, 0.717) is 10.2 Å². The van der Waals surface area contributed by atoms with Gasteiger partial charge in [-0.1, -0.05) is 0 Å². The molecule has 3 nitrogen and oxygen atoms in total. The highest BCUT2D eigenvalue weighted by Gasteiger charge is 1.95. The van der Waals surface area contributed by atoms with E-state index in [1.54, 1.807) is 6.92 Å². The van der Waals surface area contributed by atoms with E-state index < -0.39 is 0 Å². The number of hydrogen-bond acceptors (Lipinski definition) is 3. The van der Waals surface area contributed by atoms with E-state index in [4.69, 9.17) is 16.9 Å². The monoisotopic (exact) mass is 177 g/mol. The minimum Gasteiger partial charge on any atom is -0.385 e. The van der Waals surface area contributed by atoms with Crippen LogP contribution in [-0.4, -0.2) is 5.71 Å². The minimum absolute atomic E-state index is 0.150. The third kappa shape index (κ3) is 1.97. The molecule has 0 aliphatic rings. The van der Waals surface area contributed by atoms with Gasteiger partial charge in [0.15, 0.2) is 0 Å². The molecular formula is C4H8BrN3. The Hall–Kier alpha value is -0.510. The predicted molar refractivity (Wildman–Crippen MR) is 37.7 cm³/mol. The molecule has 0 bridgehead atoms. The third-order valence-corrected chi connectivity index (χ3v) is 1.64. The molecule has 0 aromatic carbocycles. The lowest BCUT2D eigenvalue weighted by Gasteiger charge is -1.95. The Bertz CT molecular complexity index is 134. The normalized spacial score (nSPS) is 8.25. The summed E-state index contributed by atoms with van der Waals surface area (Å²) in [5.41, 5.74) is 10.6. The molecule has 5 N–H and O–H groups in total. The van der Waals surface area contributed by atoms with Gasteiger partial charge < -0.3 is 16.9 Å². The molecule has 0 radical (unpaired) electrons. The van der Waals surface area contributed by atoms with Crippen LogP contribution in [0.1, 0.15) is 6.92 Å². The van der Waals surface area contributed by atoms with Crippen molar-refractivity contribution in [2.24, 2.45) is 11.5 Å². The summed E-state index contributed by atoms with van der Waals surface area (Å²) >= 11 is 3.01. The van der Waals surface area contributed by atoms with Gasteiger partial charge in [0.1, 0.15) is 5.82 Å². The second-order valence-corrected chi connectivity index (χ2v) is 2.19. The van der Waals surface area contributed by atoms with Gasteiger partial charge in [-0.15, -0.1) is 0 Å². The van der Waals surface area contributed by atoms with E-state index in [-0.39, 0.29) is 5.82 Å². The molecule has 0 heterocycles. The highest BCUT2D eigenvalue weighted by Crippen LogP contribution is 2.05. The Morgan fingerprint density at radius 3 is 1.88 bits per heavy atom. The van der Waals surface area contributed by atoms with Crippen LogP contribution in [-0.2, 0) is 0 Å². The average molecular weight is 178 g/mol. The molecule has 0 aromatic heterocycles. The highest BCUT2D eigenvalue weighted by molar-refractivity contribution is 9.12. The van der Waals surface area contributed by atoms with Crippen LogP contribution in [0.15, 0.2) is 10.3 Å². The first kappa shape index (κ1) is 7.49. The summed E-state index contributed by atoms with van der Waals surface area (Å²) in [6, 6.07) is 0. The van der Waals surface area contributed by atoms with E-state index in [1.165, 1.54) is 0 Å². The van der Waals surface area contributed by atoms with Gasteiger partial charge in [0.2, 0.25) is 0 Å². The lowest BCUT2D eigenvalue weighted by atomic mass is 10.4. The lowest BCUT2D eigenvalue weighted by molar-refractivity contribution is 1.25. The van der Waals surface area contributed by atoms with E-state index in [1.807, 2.05) is 0 Å². The first-order chi connectivity index (χ1) is 3.55. The molecule has 0 saturated carbocycles. The van der Waals surface area contributed by atoms with E-state index in [9.17, 15) is 0 Å². The molecule has 0 amide bonds. The third-order valence-electron chi connectivity index (χ3n) is 0.583. The molecule has 0 aromatic rings. The van der Waals surface area contributed by atoms with Crippen LogP contribution in [0, 0.1) is 5.41 Å². The zero-order valence-corrected chi connectivity index (χ0v) is 6.12. The Balaban J connectivity index is 4.23. The number of allylic oxidation sites excluding steroid dienone is 1. The van der Waals surface area contributed by atoms with Crippen LogP contribution in [0.25, 0.3) is 0 Å². The van der Waals surface area contributed by atoms with Crippen LogP contribution in [0.5, 0.6) is 0 Å². The fourth-order valence-electron chi connectivity index (χ4n) is 0.217. The molecule has 0 unspecified atom stereocenters. The molecule has 46 valence electrons. The Labute approximate surface area is 56.4 Å². The number of rotatable bonds is 1. The molecular weight excluding hydrogens is 170 g/mol. The molecule has 8 heavy (non-hydrogen) atoms. The standard InChI is InChI=1S/C4H8BrN3/c1-2(6)3(5)4(7)8/h6H,7-8H2,1H3. The van der Waals surface area contributed by atoms with Crippen molar-refractivity contribution in [1.29, 1.82) is 5.41 Å². The van der Waals surface area contributed by atoms with Crippen molar-refractivity contribution >= 4 is 21.6 Å². The van der Waals surface area contributed by atoms with Gasteiger partial charge in [-0.25, -0.2) is 0 Å². The van der Waals surface area contributed by atoms with Crippen molar-refractivity contribution in [2.75, 3.05) is 0 Å². The summed E-state index contributed by atoms with van der Waals surface area (Å²) in [7, 11) is 0. The average Bonchev–Trinajstić information content (AvgIpc) is 1.64. The number of hydrogen-bond donors (Lipinski definition) is 3. The van der Waals surface area contributed by atoms with Crippen molar-refractivity contribution < 1.29 is 0 Å². The number of nitrogens with two attached hydrogens (primary N) is 2. The number of nitrogens with one attached hydrogen (secondary N) is 1. The van der Waals surface area contributed by atoms with Crippen LogP contribution in [0.3, 0.4) is 0 Å². The molecule has 4 heteroatoms. The lowest BCUT2D eigenvalue weighted by Crippen LogP contribution is -2.12. The predicted octanol–water partition coefficient (Wildman–Crippen LogP) is 0.507. The van der Waals surface area contributed by atoms with Gasteiger partial charge in [-0.05, 0) is 22.9 Å². The van der Waals surface area contributed by atoms with Gasteiger partial charge in [-0.2, -0.15) is 0 Å². The van der Waals surface area contributed by atoms with Crippen LogP contribution in [0.4, 0.5) is 0 Å². The van der Waals surface area contributed by atoms with Crippen LogP contribution < -0.4 is 11.5 Å². The molecule has 0 aliphatic heterocycles. The maximum Gasteiger partial charge on any atom is 0.110 e. The summed E-state index contributed by atoms with van der Waals surface area (Å²) in [6.07, 6.45) is 0. The van der Waals surface area contributed by atoms with Crippen molar-refractivity contribution in [2.45, 2.75) is 6.92 Å². The Morgan fingerprint density at radius 1 is 1.50 bits per heavy atom. The molecule has 0 saturated heterocycles. The van der Waals surface area contributed by atoms with Crippen molar-refractivity contribution in [3.8, 4) is 0 Å². The van der Waals surface area contributed by atoms with Crippen molar-refractivity contribution in [1.82, 2.24) is 0 Å². The van der Waals surface area contributed by atoms with E-state index >= 15 is 0 Å². The summed E-state index contributed by atoms with van der Waals surface area (Å²) in [4.78, 5) is 0. The summed E-state index contributed by atoms with van der Waals surface area (Å²) in [5.74, 6) is 0.150. The van der Waals surface area contributed by atoms with Gasteiger partial charge in [0.05, 0.1) is 4.48 Å². The maximum absolute atomic E-state index is 6.97. The molecule has 0 spiro atoms. The fraction of sp³-hybridized carbons (Fsp3) is 0.250. The second-order valence-electron chi connectivity index (χ2n) is 1.39. The number of halogens is 1. The van der Waals surface area contributed by atoms with Crippen molar-refractivity contribution in [3.05, 3.63) is 10.3 Å². The fourth-order valence-corrected chi connectivity index (χ4v) is 0.217. The first-order valence-electron chi connectivity index (χ1n) is 2.02. The van der Waals surface area contributed by atoms with Gasteiger partial charge >= 0.3 is 0 Å². The SMILES string of the molecule is CC(=N)C(Br)=C(N)N. The van der Waals surface area contributed by atoms with Gasteiger partial charge in [-0.3, -0.25) is 0 Å². The quantitative estimate of drug-likeness (QED) is 0.511. The first-order valence-corrected chi connectivity index (χ1v) is 2.81. The van der Waals surface area contributed by atoms with Crippen molar-refractivity contribution in [3.63, 3.8) is 0 Å². The zero-order chi connectivity index (χ0) is 6.73. The Kier molecular flexibility index (Phi) is 2.54. The van der Waals surface area contributed by atoms with E-state index in [0.717, 1.165) is 0 Å². The van der Waals surface area contributed by atoms with Gasteiger partial charge in [0.25, 0.3) is 0 Å². The smallest absolute Gasteiger partial charge is 0.110 e.